The smallest absolute Gasteiger partial charge is 0.245 e. The molecule has 2 aliphatic heterocycles. The van der Waals surface area contributed by atoms with E-state index in [1.165, 1.54) is 16.4 Å². The maximum Gasteiger partial charge on any atom is 0.245 e. The maximum atomic E-state index is 12.8. The number of nitrogens with zero attached hydrogens (tertiary/aromatic N) is 1. The van der Waals surface area contributed by atoms with Crippen LogP contribution in [0.25, 0.3) is 0 Å². The van der Waals surface area contributed by atoms with Gasteiger partial charge >= 0.3 is 0 Å². The van der Waals surface area contributed by atoms with E-state index in [1.807, 2.05) is 0 Å². The van der Waals surface area contributed by atoms with Crippen molar-refractivity contribution in [2.75, 3.05) is 24.7 Å². The molecule has 0 bridgehead atoms. The molecule has 0 aliphatic carbocycles. The molecule has 2 atom stereocenters. The summed E-state index contributed by atoms with van der Waals surface area (Å²) >= 11 is 5.97. The number of sulfone groups is 1. The van der Waals surface area contributed by atoms with Crippen LogP contribution in [0.5, 0.6) is 0 Å². The van der Waals surface area contributed by atoms with Gasteiger partial charge in [0, 0.05) is 6.54 Å². The Balaban J connectivity index is 2.01. The fourth-order valence-corrected chi connectivity index (χ4v) is 6.86. The largest absolute Gasteiger partial charge is 0.374 e. The molecule has 116 valence electrons. The number of sulfonamides is 1. The van der Waals surface area contributed by atoms with Crippen molar-refractivity contribution in [1.82, 2.24) is 4.31 Å². The summed E-state index contributed by atoms with van der Waals surface area (Å²) in [5.74, 6) is -0.340. The third kappa shape index (κ3) is 2.70. The third-order valence-electron chi connectivity index (χ3n) is 3.71. The van der Waals surface area contributed by atoms with Crippen LogP contribution >= 0.6 is 11.6 Å². The molecule has 0 spiro atoms. The van der Waals surface area contributed by atoms with Gasteiger partial charge in [0.2, 0.25) is 10.0 Å². The van der Waals surface area contributed by atoms with Gasteiger partial charge in [-0.1, -0.05) is 23.7 Å². The van der Waals surface area contributed by atoms with Crippen molar-refractivity contribution in [3.63, 3.8) is 0 Å². The fourth-order valence-electron chi connectivity index (χ4n) is 2.76. The van der Waals surface area contributed by atoms with E-state index < -0.39 is 32.0 Å². The molecule has 2 heterocycles. The molecule has 0 radical (unpaired) electrons. The Hall–Kier alpha value is -0.670. The lowest BCUT2D eigenvalue weighted by atomic mass is 10.2. The van der Waals surface area contributed by atoms with E-state index in [-0.39, 0.29) is 34.6 Å². The first-order valence-electron chi connectivity index (χ1n) is 6.40. The Morgan fingerprint density at radius 3 is 2.67 bits per heavy atom. The summed E-state index contributed by atoms with van der Waals surface area (Å²) in [6.07, 6.45) is -0.596. The van der Waals surface area contributed by atoms with Crippen LogP contribution in [0.3, 0.4) is 0 Å². The summed E-state index contributed by atoms with van der Waals surface area (Å²) in [4.78, 5) is -0.00313. The fraction of sp³-hybridized carbons (Fsp3) is 0.500. The summed E-state index contributed by atoms with van der Waals surface area (Å²) < 4.78 is 55.6. The van der Waals surface area contributed by atoms with Crippen molar-refractivity contribution >= 4 is 31.5 Å². The van der Waals surface area contributed by atoms with Crippen molar-refractivity contribution in [2.24, 2.45) is 0 Å². The second-order valence-corrected chi connectivity index (χ2v) is 9.52. The van der Waals surface area contributed by atoms with Crippen molar-refractivity contribution in [2.45, 2.75) is 17.0 Å². The third-order valence-corrected chi connectivity index (χ3v) is 7.82. The number of morpholine rings is 1. The quantitative estimate of drug-likeness (QED) is 0.776. The number of hydrogen-bond acceptors (Lipinski definition) is 5. The summed E-state index contributed by atoms with van der Waals surface area (Å²) in [6.45, 7) is 0.310. The molecule has 2 aliphatic rings. The van der Waals surface area contributed by atoms with Gasteiger partial charge < -0.3 is 4.74 Å². The molecule has 0 saturated carbocycles. The molecule has 6 nitrogen and oxygen atoms in total. The lowest BCUT2D eigenvalue weighted by molar-refractivity contribution is -0.0141. The van der Waals surface area contributed by atoms with Crippen LogP contribution in [0.1, 0.15) is 0 Å². The summed E-state index contributed by atoms with van der Waals surface area (Å²) in [5, 5.41) is 0.126. The van der Waals surface area contributed by atoms with E-state index in [2.05, 4.69) is 0 Å². The van der Waals surface area contributed by atoms with Crippen molar-refractivity contribution < 1.29 is 21.6 Å². The highest BCUT2D eigenvalue weighted by Crippen LogP contribution is 2.31. The molecule has 2 unspecified atom stereocenters. The van der Waals surface area contributed by atoms with Gasteiger partial charge in [0.25, 0.3) is 0 Å². The second-order valence-electron chi connectivity index (χ2n) is 5.10. The monoisotopic (exact) mass is 351 g/mol. The van der Waals surface area contributed by atoms with E-state index >= 15 is 0 Å². The van der Waals surface area contributed by atoms with E-state index in [0.29, 0.717) is 0 Å². The predicted octanol–water partition coefficient (Wildman–Crippen LogP) is 0.526. The molecular formula is C12H14ClNO5S2. The first-order valence-corrected chi connectivity index (χ1v) is 10.0. The minimum Gasteiger partial charge on any atom is -0.374 e. The highest BCUT2D eigenvalue weighted by atomic mass is 35.5. The van der Waals surface area contributed by atoms with Gasteiger partial charge in [0.15, 0.2) is 9.84 Å². The van der Waals surface area contributed by atoms with Gasteiger partial charge in [-0.15, -0.1) is 0 Å². The molecule has 21 heavy (non-hydrogen) atoms. The van der Waals surface area contributed by atoms with Crippen LogP contribution in [0.2, 0.25) is 5.02 Å². The Morgan fingerprint density at radius 1 is 1.24 bits per heavy atom. The molecule has 1 aromatic rings. The van der Waals surface area contributed by atoms with Gasteiger partial charge in [0.05, 0.1) is 35.3 Å². The van der Waals surface area contributed by atoms with Crippen molar-refractivity contribution in [3.8, 4) is 0 Å². The number of hydrogen-bond donors (Lipinski definition) is 0. The Labute approximate surface area is 128 Å². The molecule has 2 saturated heterocycles. The maximum absolute atomic E-state index is 12.8. The normalized spacial score (nSPS) is 29.2. The first kappa shape index (κ1) is 15.2. The molecule has 2 fully saturated rings. The van der Waals surface area contributed by atoms with Crippen molar-refractivity contribution in [3.05, 3.63) is 29.3 Å². The van der Waals surface area contributed by atoms with Gasteiger partial charge in [-0.3, -0.25) is 0 Å². The predicted molar refractivity (Wildman–Crippen MR) is 77.5 cm³/mol. The van der Waals surface area contributed by atoms with Crippen LogP contribution in [0, 0.1) is 0 Å². The van der Waals surface area contributed by atoms with E-state index in [4.69, 9.17) is 16.3 Å². The molecular weight excluding hydrogens is 338 g/mol. The molecule has 0 aromatic heterocycles. The highest BCUT2D eigenvalue weighted by Gasteiger charge is 2.48. The lowest BCUT2D eigenvalue weighted by Crippen LogP contribution is -2.53. The van der Waals surface area contributed by atoms with E-state index in [9.17, 15) is 16.8 Å². The average Bonchev–Trinajstić information content (AvgIpc) is 2.72. The average molecular weight is 352 g/mol. The zero-order chi connectivity index (χ0) is 15.3. The highest BCUT2D eigenvalue weighted by molar-refractivity contribution is 7.92. The minimum absolute atomic E-state index is 0.00313. The summed E-state index contributed by atoms with van der Waals surface area (Å²) in [6, 6.07) is 5.47. The van der Waals surface area contributed by atoms with Crippen LogP contribution in [0.4, 0.5) is 0 Å². The Kier molecular flexibility index (Phi) is 3.77. The number of halogens is 1. The van der Waals surface area contributed by atoms with Crippen LogP contribution in [0.15, 0.2) is 29.2 Å². The van der Waals surface area contributed by atoms with Gasteiger partial charge in [0.1, 0.15) is 4.90 Å². The topological polar surface area (TPSA) is 80.8 Å². The Morgan fingerprint density at radius 2 is 1.95 bits per heavy atom. The Bertz CT molecular complexity index is 762. The minimum atomic E-state index is -3.84. The standard InChI is InChI=1S/C12H14ClNO5S2/c13-9-3-1-2-4-12(9)21(17,18)14-5-6-19-11-8-20(15,16)7-10(11)14/h1-4,10-11H,5-8H2. The molecule has 0 amide bonds. The number of fused-ring (bicyclic) bond motifs is 1. The van der Waals surface area contributed by atoms with Gasteiger partial charge in [-0.25, -0.2) is 16.8 Å². The number of rotatable bonds is 2. The molecule has 1 aromatic carbocycles. The second kappa shape index (κ2) is 5.20. The van der Waals surface area contributed by atoms with E-state index in [1.54, 1.807) is 12.1 Å². The molecule has 3 rings (SSSR count). The van der Waals surface area contributed by atoms with Gasteiger partial charge in [-0.2, -0.15) is 4.31 Å². The first-order chi connectivity index (χ1) is 9.81. The van der Waals surface area contributed by atoms with E-state index in [0.717, 1.165) is 0 Å². The molecule has 9 heteroatoms. The van der Waals surface area contributed by atoms with Crippen molar-refractivity contribution in [1.29, 1.82) is 0 Å². The van der Waals surface area contributed by atoms with Gasteiger partial charge in [-0.05, 0) is 12.1 Å². The van der Waals surface area contributed by atoms with Crippen LogP contribution in [-0.4, -0.2) is 57.9 Å². The van der Waals surface area contributed by atoms with Crippen LogP contribution in [-0.2, 0) is 24.6 Å². The zero-order valence-electron chi connectivity index (χ0n) is 11.0. The number of benzene rings is 1. The zero-order valence-corrected chi connectivity index (χ0v) is 13.4. The molecule has 0 N–H and O–H groups in total. The van der Waals surface area contributed by atoms with Crippen LogP contribution < -0.4 is 0 Å². The number of ether oxygens (including phenoxy) is 1. The summed E-state index contributed by atoms with van der Waals surface area (Å²) in [7, 11) is -7.12. The summed E-state index contributed by atoms with van der Waals surface area (Å²) in [5.41, 5.74) is 0. The lowest BCUT2D eigenvalue weighted by Gasteiger charge is -2.35. The SMILES string of the molecule is O=S1(=O)CC2OCCN(S(=O)(=O)c3ccccc3Cl)C2C1.